The number of hydrogen-bond acceptors (Lipinski definition) is 5. The highest BCUT2D eigenvalue weighted by molar-refractivity contribution is 5.90. The molecule has 2 heterocycles. The average molecular weight is 493 g/mol. The second-order valence-corrected chi connectivity index (χ2v) is 7.38. The third-order valence-electron chi connectivity index (χ3n) is 5.30. The van der Waals surface area contributed by atoms with E-state index in [-0.39, 0.29) is 36.5 Å². The van der Waals surface area contributed by atoms with Gasteiger partial charge in [-0.25, -0.2) is 14.2 Å². The van der Waals surface area contributed by atoms with Crippen LogP contribution >= 0.6 is 0 Å². The van der Waals surface area contributed by atoms with Gasteiger partial charge >= 0.3 is 18.3 Å². The summed E-state index contributed by atoms with van der Waals surface area (Å²) in [7, 11) is 1.14. The Hall–Kier alpha value is -3.38. The number of fused-ring (bicyclic) bond motifs is 1. The number of aromatic nitrogens is 1. The minimum atomic E-state index is -5.23. The maximum Gasteiger partial charge on any atom is 0.419 e. The fourth-order valence-electron chi connectivity index (χ4n) is 3.74. The van der Waals surface area contributed by atoms with E-state index < -0.39 is 53.3 Å². The number of methoxy groups -OCH3 is 1. The first-order chi connectivity index (χ1) is 15.8. The van der Waals surface area contributed by atoms with Gasteiger partial charge in [0.2, 0.25) is 5.91 Å². The standard InChI is InChI=1S/C21H18F7N3O3/c1-3-31-15-7-6-13(19(33)34-2)29-14(15)9-16(31)18(32)30-17(21(26,27)28)10-4-5-12(22)11(8-10)20(23,24)25/h4-8,16-17H,3,9H2,1-2H3,(H,30,32). The number of ether oxygens (including phenoxy) is 1. The Morgan fingerprint density at radius 3 is 2.41 bits per heavy atom. The van der Waals surface area contributed by atoms with Crippen molar-refractivity contribution in [3.05, 3.63) is 58.7 Å². The summed E-state index contributed by atoms with van der Waals surface area (Å²) >= 11 is 0. The number of nitrogens with zero attached hydrogens (tertiary/aromatic N) is 2. The molecule has 1 aliphatic rings. The van der Waals surface area contributed by atoms with Crippen molar-refractivity contribution in [3.63, 3.8) is 0 Å². The largest absolute Gasteiger partial charge is 0.464 e. The zero-order valence-corrected chi connectivity index (χ0v) is 17.7. The molecule has 1 aliphatic heterocycles. The molecule has 2 aromatic rings. The van der Waals surface area contributed by atoms with Crippen LogP contribution < -0.4 is 10.2 Å². The number of carbonyl (C=O) groups excluding carboxylic acids is 2. The number of hydrogen-bond donors (Lipinski definition) is 1. The van der Waals surface area contributed by atoms with E-state index in [4.69, 9.17) is 0 Å². The highest BCUT2D eigenvalue weighted by Crippen LogP contribution is 2.38. The van der Waals surface area contributed by atoms with Gasteiger partial charge in [0.25, 0.3) is 0 Å². The Morgan fingerprint density at radius 1 is 1.18 bits per heavy atom. The molecule has 34 heavy (non-hydrogen) atoms. The molecule has 0 fully saturated rings. The number of likely N-dealkylation sites (N-methyl/N-ethyl adjacent to an activating group) is 1. The lowest BCUT2D eigenvalue weighted by Gasteiger charge is -2.28. The number of anilines is 1. The summed E-state index contributed by atoms with van der Waals surface area (Å²) in [6.45, 7) is 1.83. The number of rotatable bonds is 5. The van der Waals surface area contributed by atoms with E-state index in [1.807, 2.05) is 0 Å². The summed E-state index contributed by atoms with van der Waals surface area (Å²) in [5, 5.41) is 1.75. The molecule has 0 bridgehead atoms. The molecule has 184 valence electrons. The lowest BCUT2D eigenvalue weighted by Crippen LogP contribution is -2.49. The molecule has 6 nitrogen and oxygen atoms in total. The van der Waals surface area contributed by atoms with E-state index in [1.54, 1.807) is 12.2 Å². The molecule has 1 N–H and O–H groups in total. The Morgan fingerprint density at radius 2 is 1.85 bits per heavy atom. The maximum absolute atomic E-state index is 13.7. The summed E-state index contributed by atoms with van der Waals surface area (Å²) in [4.78, 5) is 30.1. The number of pyridine rings is 1. The Kier molecular flexibility index (Phi) is 6.76. The number of nitrogens with one attached hydrogen (secondary N) is 1. The van der Waals surface area contributed by atoms with Gasteiger partial charge in [0, 0.05) is 13.0 Å². The highest BCUT2D eigenvalue weighted by atomic mass is 19.4. The SMILES string of the molecule is CCN1c2ccc(C(=O)OC)nc2CC1C(=O)NC(c1ccc(F)c(C(F)(F)F)c1)C(F)(F)F. The van der Waals surface area contributed by atoms with E-state index in [0.29, 0.717) is 11.8 Å². The molecule has 1 aromatic carbocycles. The minimum absolute atomic E-state index is 0.0267. The zero-order chi connectivity index (χ0) is 25.4. The molecule has 2 unspecified atom stereocenters. The van der Waals surface area contributed by atoms with Gasteiger partial charge in [-0.2, -0.15) is 26.3 Å². The highest BCUT2D eigenvalue weighted by Gasteiger charge is 2.46. The van der Waals surface area contributed by atoms with E-state index >= 15 is 0 Å². The molecule has 0 saturated heterocycles. The summed E-state index contributed by atoms with van der Waals surface area (Å²) in [6.07, 6.45) is -10.5. The lowest BCUT2D eigenvalue weighted by molar-refractivity contribution is -0.164. The van der Waals surface area contributed by atoms with Crippen molar-refractivity contribution in [3.8, 4) is 0 Å². The van der Waals surface area contributed by atoms with Crippen LogP contribution in [0, 0.1) is 5.82 Å². The van der Waals surface area contributed by atoms with Crippen LogP contribution in [-0.4, -0.2) is 42.7 Å². The number of amides is 1. The van der Waals surface area contributed by atoms with Crippen molar-refractivity contribution in [1.29, 1.82) is 0 Å². The summed E-state index contributed by atoms with van der Waals surface area (Å²) < 4.78 is 98.4. The maximum atomic E-state index is 13.7. The van der Waals surface area contributed by atoms with Gasteiger partial charge in [0.15, 0.2) is 6.04 Å². The van der Waals surface area contributed by atoms with Gasteiger partial charge in [0.05, 0.1) is 24.1 Å². The third kappa shape index (κ3) is 4.92. The molecule has 0 saturated carbocycles. The van der Waals surface area contributed by atoms with Crippen LogP contribution in [0.1, 0.15) is 40.3 Å². The monoisotopic (exact) mass is 493 g/mol. The zero-order valence-electron chi connectivity index (χ0n) is 17.7. The normalized spacial score (nSPS) is 16.7. The molecule has 13 heteroatoms. The second-order valence-electron chi connectivity index (χ2n) is 7.38. The van der Waals surface area contributed by atoms with Gasteiger partial charge in [0.1, 0.15) is 17.6 Å². The number of alkyl halides is 6. The van der Waals surface area contributed by atoms with Gasteiger partial charge in [-0.15, -0.1) is 0 Å². The Bertz CT molecular complexity index is 1100. The van der Waals surface area contributed by atoms with Gasteiger partial charge in [-0.1, -0.05) is 6.07 Å². The van der Waals surface area contributed by atoms with Crippen molar-refractivity contribution in [2.45, 2.75) is 37.8 Å². The van der Waals surface area contributed by atoms with Crippen LogP contribution in [0.4, 0.5) is 36.4 Å². The quantitative estimate of drug-likeness (QED) is 0.500. The average Bonchev–Trinajstić information content (AvgIpc) is 3.13. The van der Waals surface area contributed by atoms with Gasteiger partial charge in [-0.05, 0) is 36.8 Å². The van der Waals surface area contributed by atoms with E-state index in [1.165, 1.54) is 17.0 Å². The van der Waals surface area contributed by atoms with Crippen LogP contribution in [0.3, 0.4) is 0 Å². The van der Waals surface area contributed by atoms with Crippen molar-refractivity contribution in [2.24, 2.45) is 0 Å². The molecular weight excluding hydrogens is 475 g/mol. The van der Waals surface area contributed by atoms with Crippen molar-refractivity contribution in [2.75, 3.05) is 18.6 Å². The molecule has 2 atom stereocenters. The molecule has 1 amide bonds. The first-order valence-electron chi connectivity index (χ1n) is 9.86. The molecule has 0 radical (unpaired) electrons. The topological polar surface area (TPSA) is 71.5 Å². The predicted octanol–water partition coefficient (Wildman–Crippen LogP) is 4.20. The summed E-state index contributed by atoms with van der Waals surface area (Å²) in [5.74, 6) is -3.60. The molecule has 0 aliphatic carbocycles. The third-order valence-corrected chi connectivity index (χ3v) is 5.30. The summed E-state index contributed by atoms with van der Waals surface area (Å²) in [5.41, 5.74) is -2.22. The summed E-state index contributed by atoms with van der Waals surface area (Å²) in [6, 6.07) is -0.348. The first kappa shape index (κ1) is 25.2. The van der Waals surface area contributed by atoms with Crippen LogP contribution in [0.25, 0.3) is 0 Å². The van der Waals surface area contributed by atoms with E-state index in [0.717, 1.165) is 7.11 Å². The second kappa shape index (κ2) is 9.11. The van der Waals surface area contributed by atoms with Gasteiger partial charge in [-0.3, -0.25) is 4.79 Å². The van der Waals surface area contributed by atoms with Crippen LogP contribution in [0.15, 0.2) is 30.3 Å². The molecule has 0 spiro atoms. The fraction of sp³-hybridized carbons (Fsp3) is 0.381. The van der Waals surface area contributed by atoms with E-state index in [2.05, 4.69) is 9.72 Å². The lowest BCUT2D eigenvalue weighted by atomic mass is 10.0. The molecular formula is C21H18F7N3O3. The number of benzene rings is 1. The fourth-order valence-corrected chi connectivity index (χ4v) is 3.74. The Balaban J connectivity index is 1.91. The van der Waals surface area contributed by atoms with Crippen molar-refractivity contribution in [1.82, 2.24) is 10.3 Å². The molecule has 1 aromatic heterocycles. The van der Waals surface area contributed by atoms with Crippen molar-refractivity contribution < 1.29 is 45.1 Å². The van der Waals surface area contributed by atoms with Gasteiger partial charge < -0.3 is 15.0 Å². The minimum Gasteiger partial charge on any atom is -0.464 e. The number of halogens is 7. The molecule has 3 rings (SSSR count). The Labute approximate surface area is 188 Å². The van der Waals surface area contributed by atoms with Crippen LogP contribution in [-0.2, 0) is 22.1 Å². The number of esters is 1. The van der Waals surface area contributed by atoms with Crippen LogP contribution in [0.2, 0.25) is 0 Å². The van der Waals surface area contributed by atoms with E-state index in [9.17, 15) is 40.3 Å². The van der Waals surface area contributed by atoms with Crippen LogP contribution in [0.5, 0.6) is 0 Å². The number of carbonyl (C=O) groups is 2. The predicted molar refractivity (Wildman–Crippen MR) is 104 cm³/mol. The smallest absolute Gasteiger partial charge is 0.419 e. The first-order valence-corrected chi connectivity index (χ1v) is 9.86. The van der Waals surface area contributed by atoms with Crippen molar-refractivity contribution >= 4 is 17.6 Å².